The first kappa shape index (κ1) is 8.72. The summed E-state index contributed by atoms with van der Waals surface area (Å²) in [5.74, 6) is 1.41. The van der Waals surface area contributed by atoms with E-state index in [0.29, 0.717) is 5.92 Å². The summed E-state index contributed by atoms with van der Waals surface area (Å²) >= 11 is 0. The Bertz CT molecular complexity index is 241. The molecule has 1 aliphatic rings. The van der Waals surface area contributed by atoms with Crippen LogP contribution >= 0.6 is 0 Å². The quantitative estimate of drug-likeness (QED) is 0.710. The number of hydrogen-bond donors (Lipinski definition) is 2. The van der Waals surface area contributed by atoms with Crippen LogP contribution in [0.2, 0.25) is 0 Å². The molecule has 0 spiro atoms. The summed E-state index contributed by atoms with van der Waals surface area (Å²) in [5.41, 5.74) is 6.06. The van der Waals surface area contributed by atoms with E-state index >= 15 is 0 Å². The second-order valence-electron chi connectivity index (χ2n) is 3.45. The van der Waals surface area contributed by atoms with Gasteiger partial charge >= 0.3 is 0 Å². The lowest BCUT2D eigenvalue weighted by molar-refractivity contribution is 0.0575. The lowest BCUT2D eigenvalue weighted by Crippen LogP contribution is -2.28. The zero-order valence-corrected chi connectivity index (χ0v) is 7.57. The van der Waals surface area contributed by atoms with Crippen LogP contribution in [0.4, 0.5) is 0 Å². The standard InChI is InChI=1S/C9H15N3O/c10-8(9-11-3-4-12-9)7-1-5-13-6-2-7/h3-4,7-8H,1-2,5-6,10H2,(H,11,12). The third kappa shape index (κ3) is 1.89. The average molecular weight is 181 g/mol. The van der Waals surface area contributed by atoms with Gasteiger partial charge in [-0.15, -0.1) is 0 Å². The van der Waals surface area contributed by atoms with E-state index in [1.807, 2.05) is 6.20 Å². The van der Waals surface area contributed by atoms with Crippen molar-refractivity contribution in [2.24, 2.45) is 11.7 Å². The van der Waals surface area contributed by atoms with E-state index in [9.17, 15) is 0 Å². The van der Waals surface area contributed by atoms with Crippen LogP contribution in [0.25, 0.3) is 0 Å². The van der Waals surface area contributed by atoms with E-state index in [2.05, 4.69) is 9.97 Å². The van der Waals surface area contributed by atoms with Gasteiger partial charge in [0.05, 0.1) is 6.04 Å². The topological polar surface area (TPSA) is 63.9 Å². The summed E-state index contributed by atoms with van der Waals surface area (Å²) in [4.78, 5) is 7.23. The predicted octanol–water partition coefficient (Wildman–Crippen LogP) is 0.836. The van der Waals surface area contributed by atoms with Crippen LogP contribution in [-0.4, -0.2) is 23.2 Å². The van der Waals surface area contributed by atoms with Crippen molar-refractivity contribution >= 4 is 0 Å². The molecule has 2 heterocycles. The van der Waals surface area contributed by atoms with Crippen LogP contribution in [0.15, 0.2) is 12.4 Å². The molecule has 0 aliphatic carbocycles. The zero-order chi connectivity index (χ0) is 9.10. The molecule has 72 valence electrons. The summed E-state index contributed by atoms with van der Waals surface area (Å²) in [6.07, 6.45) is 5.65. The Morgan fingerprint density at radius 2 is 2.31 bits per heavy atom. The maximum absolute atomic E-state index is 6.06. The van der Waals surface area contributed by atoms with E-state index in [1.165, 1.54) is 0 Å². The van der Waals surface area contributed by atoms with Gasteiger partial charge in [0, 0.05) is 25.6 Å². The van der Waals surface area contributed by atoms with Crippen LogP contribution in [0.5, 0.6) is 0 Å². The highest BCUT2D eigenvalue weighted by Crippen LogP contribution is 2.25. The number of rotatable bonds is 2. The molecule has 0 aromatic carbocycles. The number of nitrogens with two attached hydrogens (primary N) is 1. The summed E-state index contributed by atoms with van der Waals surface area (Å²) in [7, 11) is 0. The average Bonchev–Trinajstić information content (AvgIpc) is 2.71. The zero-order valence-electron chi connectivity index (χ0n) is 7.57. The summed E-state index contributed by atoms with van der Waals surface area (Å²) in [6, 6.07) is 0.0406. The van der Waals surface area contributed by atoms with Crippen LogP contribution < -0.4 is 5.73 Å². The molecule has 2 rings (SSSR count). The van der Waals surface area contributed by atoms with Crippen LogP contribution in [0, 0.1) is 5.92 Å². The van der Waals surface area contributed by atoms with Crippen molar-refractivity contribution in [3.05, 3.63) is 18.2 Å². The van der Waals surface area contributed by atoms with Gasteiger partial charge in [0.25, 0.3) is 0 Å². The second kappa shape index (κ2) is 3.89. The Morgan fingerprint density at radius 3 is 2.92 bits per heavy atom. The molecule has 4 heteroatoms. The largest absolute Gasteiger partial charge is 0.381 e. The number of nitrogens with zero attached hydrogens (tertiary/aromatic N) is 1. The minimum atomic E-state index is 0.0406. The summed E-state index contributed by atoms with van der Waals surface area (Å²) in [5, 5.41) is 0. The van der Waals surface area contributed by atoms with Gasteiger partial charge in [-0.1, -0.05) is 0 Å². The predicted molar refractivity (Wildman–Crippen MR) is 49.1 cm³/mol. The monoisotopic (exact) mass is 181 g/mol. The Morgan fingerprint density at radius 1 is 1.54 bits per heavy atom. The van der Waals surface area contributed by atoms with Crippen molar-refractivity contribution in [3.8, 4) is 0 Å². The fraction of sp³-hybridized carbons (Fsp3) is 0.667. The number of aromatic amines is 1. The molecule has 3 N–H and O–H groups in total. The van der Waals surface area contributed by atoms with Crippen molar-refractivity contribution < 1.29 is 4.74 Å². The minimum absolute atomic E-state index is 0.0406. The van der Waals surface area contributed by atoms with Gasteiger partial charge in [-0.3, -0.25) is 0 Å². The third-order valence-electron chi connectivity index (χ3n) is 2.61. The van der Waals surface area contributed by atoms with Crippen molar-refractivity contribution in [3.63, 3.8) is 0 Å². The molecule has 1 aromatic rings. The fourth-order valence-electron chi connectivity index (χ4n) is 1.76. The van der Waals surface area contributed by atoms with Gasteiger partial charge in [-0.25, -0.2) is 4.98 Å². The molecule has 0 saturated carbocycles. The Labute approximate surface area is 77.5 Å². The fourth-order valence-corrected chi connectivity index (χ4v) is 1.76. The van der Waals surface area contributed by atoms with Crippen molar-refractivity contribution in [2.75, 3.05) is 13.2 Å². The Balaban J connectivity index is 1.99. The highest BCUT2D eigenvalue weighted by Gasteiger charge is 2.23. The molecular weight excluding hydrogens is 166 g/mol. The van der Waals surface area contributed by atoms with Crippen molar-refractivity contribution in [2.45, 2.75) is 18.9 Å². The van der Waals surface area contributed by atoms with Crippen LogP contribution in [0.1, 0.15) is 24.7 Å². The summed E-state index contributed by atoms with van der Waals surface area (Å²) in [6.45, 7) is 1.66. The number of ether oxygens (including phenoxy) is 1. The molecule has 4 nitrogen and oxygen atoms in total. The first-order valence-electron chi connectivity index (χ1n) is 4.70. The number of imidazole rings is 1. The van der Waals surface area contributed by atoms with Gasteiger partial charge in [0.1, 0.15) is 5.82 Å². The van der Waals surface area contributed by atoms with Crippen LogP contribution in [-0.2, 0) is 4.74 Å². The van der Waals surface area contributed by atoms with E-state index in [0.717, 1.165) is 31.9 Å². The number of H-pyrrole nitrogens is 1. The maximum Gasteiger partial charge on any atom is 0.123 e. The van der Waals surface area contributed by atoms with E-state index in [4.69, 9.17) is 10.5 Å². The molecule has 1 fully saturated rings. The second-order valence-corrected chi connectivity index (χ2v) is 3.45. The number of hydrogen-bond acceptors (Lipinski definition) is 3. The third-order valence-corrected chi connectivity index (χ3v) is 2.61. The molecule has 1 aliphatic heterocycles. The molecule has 1 unspecified atom stereocenters. The molecule has 13 heavy (non-hydrogen) atoms. The van der Waals surface area contributed by atoms with Gasteiger partial charge in [-0.05, 0) is 18.8 Å². The SMILES string of the molecule is NC(c1ncc[nH]1)C1CCOCC1. The van der Waals surface area contributed by atoms with Gasteiger partial charge < -0.3 is 15.5 Å². The number of nitrogens with one attached hydrogen (secondary N) is 1. The summed E-state index contributed by atoms with van der Waals surface area (Å²) < 4.78 is 5.28. The number of aromatic nitrogens is 2. The smallest absolute Gasteiger partial charge is 0.123 e. The van der Waals surface area contributed by atoms with Gasteiger partial charge in [-0.2, -0.15) is 0 Å². The van der Waals surface area contributed by atoms with Crippen LogP contribution in [0.3, 0.4) is 0 Å². The first-order chi connectivity index (χ1) is 6.38. The Hall–Kier alpha value is -0.870. The normalized spacial score (nSPS) is 21.6. The molecule has 1 aromatic heterocycles. The van der Waals surface area contributed by atoms with E-state index in [1.54, 1.807) is 6.20 Å². The van der Waals surface area contributed by atoms with Gasteiger partial charge in [0.2, 0.25) is 0 Å². The molecule has 1 atom stereocenters. The molecule has 0 amide bonds. The Kier molecular flexibility index (Phi) is 2.61. The minimum Gasteiger partial charge on any atom is -0.381 e. The molecule has 1 saturated heterocycles. The molecular formula is C9H15N3O. The maximum atomic E-state index is 6.06. The van der Waals surface area contributed by atoms with Crippen molar-refractivity contribution in [1.82, 2.24) is 9.97 Å². The first-order valence-corrected chi connectivity index (χ1v) is 4.70. The van der Waals surface area contributed by atoms with Crippen molar-refractivity contribution in [1.29, 1.82) is 0 Å². The molecule has 0 bridgehead atoms. The van der Waals surface area contributed by atoms with E-state index in [-0.39, 0.29) is 6.04 Å². The lowest BCUT2D eigenvalue weighted by atomic mass is 9.92. The molecule has 0 radical (unpaired) electrons. The van der Waals surface area contributed by atoms with E-state index < -0.39 is 0 Å². The highest BCUT2D eigenvalue weighted by atomic mass is 16.5. The lowest BCUT2D eigenvalue weighted by Gasteiger charge is -2.26. The highest BCUT2D eigenvalue weighted by molar-refractivity contribution is 4.97. The van der Waals surface area contributed by atoms with Gasteiger partial charge in [0.15, 0.2) is 0 Å².